The van der Waals surface area contributed by atoms with Gasteiger partial charge in [0, 0.05) is 12.7 Å². The average Bonchev–Trinajstić information content (AvgIpc) is 2.40. The second-order valence-electron chi connectivity index (χ2n) is 4.94. The van der Waals surface area contributed by atoms with E-state index in [4.69, 9.17) is 0 Å². The van der Waals surface area contributed by atoms with Crippen molar-refractivity contribution in [2.24, 2.45) is 5.92 Å². The summed E-state index contributed by atoms with van der Waals surface area (Å²) in [5, 5.41) is 9.34. The van der Waals surface area contributed by atoms with Crippen molar-refractivity contribution in [1.82, 2.24) is 9.88 Å². The van der Waals surface area contributed by atoms with Crippen LogP contribution in [-0.2, 0) is 11.3 Å². The Labute approximate surface area is 108 Å². The molecule has 1 fully saturated rings. The third-order valence-corrected chi connectivity index (χ3v) is 3.78. The molecule has 0 aromatic carbocycles. The van der Waals surface area contributed by atoms with Crippen molar-refractivity contribution in [1.29, 1.82) is 0 Å². The molecule has 0 amide bonds. The van der Waals surface area contributed by atoms with Crippen molar-refractivity contribution in [3.05, 3.63) is 30.1 Å². The molecule has 0 radical (unpaired) electrons. The number of aromatic nitrogens is 1. The quantitative estimate of drug-likeness (QED) is 0.887. The fraction of sp³-hybridized carbons (Fsp3) is 0.571. The molecule has 4 nitrogen and oxygen atoms in total. The number of carboxylic acids is 1. The van der Waals surface area contributed by atoms with Gasteiger partial charge in [0.05, 0.1) is 5.69 Å². The van der Waals surface area contributed by atoms with E-state index in [9.17, 15) is 9.90 Å². The highest BCUT2D eigenvalue weighted by Crippen LogP contribution is 2.26. The average molecular weight is 248 g/mol. The fourth-order valence-corrected chi connectivity index (χ4v) is 2.60. The number of rotatable bonds is 4. The summed E-state index contributed by atoms with van der Waals surface area (Å²) in [7, 11) is 0. The molecule has 1 aliphatic rings. The first-order chi connectivity index (χ1) is 8.70. The number of nitrogens with zero attached hydrogens (tertiary/aromatic N) is 2. The molecule has 0 spiro atoms. The molecule has 4 heteroatoms. The lowest BCUT2D eigenvalue weighted by molar-refractivity contribution is -0.145. The minimum Gasteiger partial charge on any atom is -0.480 e. The zero-order chi connectivity index (χ0) is 13.0. The van der Waals surface area contributed by atoms with E-state index in [2.05, 4.69) is 11.9 Å². The van der Waals surface area contributed by atoms with E-state index in [1.807, 2.05) is 23.1 Å². The first-order valence-electron chi connectivity index (χ1n) is 6.57. The van der Waals surface area contributed by atoms with Crippen molar-refractivity contribution in [3.63, 3.8) is 0 Å². The predicted octanol–water partition coefficient (Wildman–Crippen LogP) is 2.16. The van der Waals surface area contributed by atoms with Gasteiger partial charge in [-0.05, 0) is 37.4 Å². The molecule has 1 aliphatic heterocycles. The van der Waals surface area contributed by atoms with Crippen molar-refractivity contribution in [2.45, 2.75) is 38.8 Å². The monoisotopic (exact) mass is 248 g/mol. The third-order valence-electron chi connectivity index (χ3n) is 3.78. The zero-order valence-corrected chi connectivity index (χ0v) is 10.7. The van der Waals surface area contributed by atoms with Gasteiger partial charge in [-0.15, -0.1) is 0 Å². The first-order valence-corrected chi connectivity index (χ1v) is 6.57. The Hall–Kier alpha value is -1.42. The SMILES string of the molecule is CCC1CCN(Cc2ccccn2)C(C(=O)O)C1. The molecule has 1 aromatic heterocycles. The van der Waals surface area contributed by atoms with Gasteiger partial charge >= 0.3 is 5.97 Å². The van der Waals surface area contributed by atoms with Gasteiger partial charge in [0.15, 0.2) is 0 Å². The summed E-state index contributed by atoms with van der Waals surface area (Å²) < 4.78 is 0. The number of hydrogen-bond acceptors (Lipinski definition) is 3. The summed E-state index contributed by atoms with van der Waals surface area (Å²) in [5.74, 6) is -0.157. The van der Waals surface area contributed by atoms with Gasteiger partial charge in [-0.25, -0.2) is 0 Å². The van der Waals surface area contributed by atoms with Crippen LogP contribution in [0.1, 0.15) is 31.9 Å². The normalized spacial score (nSPS) is 24.9. The van der Waals surface area contributed by atoms with E-state index < -0.39 is 5.97 Å². The molecule has 1 N–H and O–H groups in total. The summed E-state index contributed by atoms with van der Waals surface area (Å²) in [5.41, 5.74) is 0.943. The smallest absolute Gasteiger partial charge is 0.320 e. The topological polar surface area (TPSA) is 53.4 Å². The fourth-order valence-electron chi connectivity index (χ4n) is 2.60. The van der Waals surface area contributed by atoms with E-state index in [-0.39, 0.29) is 6.04 Å². The number of piperidine rings is 1. The molecule has 2 unspecified atom stereocenters. The second kappa shape index (κ2) is 5.96. The van der Waals surface area contributed by atoms with Crippen LogP contribution in [0.3, 0.4) is 0 Å². The van der Waals surface area contributed by atoms with Gasteiger partial charge in [0.1, 0.15) is 6.04 Å². The lowest BCUT2D eigenvalue weighted by Crippen LogP contribution is -2.46. The number of likely N-dealkylation sites (tertiary alicyclic amines) is 1. The molecular weight excluding hydrogens is 228 g/mol. The zero-order valence-electron chi connectivity index (χ0n) is 10.7. The summed E-state index contributed by atoms with van der Waals surface area (Å²) >= 11 is 0. The van der Waals surface area contributed by atoms with E-state index in [1.54, 1.807) is 6.20 Å². The molecule has 1 saturated heterocycles. The minimum absolute atomic E-state index is 0.356. The number of carboxylic acid groups (broad SMARTS) is 1. The number of aliphatic carboxylic acids is 1. The molecule has 98 valence electrons. The van der Waals surface area contributed by atoms with E-state index in [0.29, 0.717) is 12.5 Å². The van der Waals surface area contributed by atoms with Gasteiger partial charge in [-0.2, -0.15) is 0 Å². The maximum Gasteiger partial charge on any atom is 0.320 e. The van der Waals surface area contributed by atoms with Crippen molar-refractivity contribution >= 4 is 5.97 Å². The van der Waals surface area contributed by atoms with Crippen LogP contribution in [0.15, 0.2) is 24.4 Å². The summed E-state index contributed by atoms with van der Waals surface area (Å²) in [6, 6.07) is 5.41. The predicted molar refractivity (Wildman–Crippen MR) is 69.1 cm³/mol. The Bertz CT molecular complexity index is 394. The second-order valence-corrected chi connectivity index (χ2v) is 4.94. The van der Waals surface area contributed by atoms with Crippen LogP contribution in [0.2, 0.25) is 0 Å². The lowest BCUT2D eigenvalue weighted by atomic mass is 9.89. The maximum atomic E-state index is 11.4. The number of hydrogen-bond donors (Lipinski definition) is 1. The van der Waals surface area contributed by atoms with Crippen molar-refractivity contribution in [3.8, 4) is 0 Å². The molecular formula is C14H20N2O2. The molecule has 1 aromatic rings. The van der Waals surface area contributed by atoms with E-state index >= 15 is 0 Å². The number of pyridine rings is 1. The minimum atomic E-state index is -0.705. The van der Waals surface area contributed by atoms with Crippen LogP contribution in [0, 0.1) is 5.92 Å². The molecule has 0 saturated carbocycles. The Morgan fingerprint density at radius 3 is 3.00 bits per heavy atom. The van der Waals surface area contributed by atoms with Crippen LogP contribution in [-0.4, -0.2) is 33.5 Å². The highest BCUT2D eigenvalue weighted by molar-refractivity contribution is 5.73. The van der Waals surface area contributed by atoms with Gasteiger partial charge in [-0.3, -0.25) is 14.7 Å². The Kier molecular flexibility index (Phi) is 4.31. The van der Waals surface area contributed by atoms with Crippen molar-refractivity contribution in [2.75, 3.05) is 6.54 Å². The van der Waals surface area contributed by atoms with E-state index in [1.165, 1.54) is 0 Å². The van der Waals surface area contributed by atoms with Gasteiger partial charge in [-0.1, -0.05) is 19.4 Å². The summed E-state index contributed by atoms with van der Waals surface area (Å²) in [6.07, 6.45) is 4.68. The molecule has 2 atom stereocenters. The summed E-state index contributed by atoms with van der Waals surface area (Å²) in [6.45, 7) is 3.62. The Balaban J connectivity index is 2.04. The van der Waals surface area contributed by atoms with Crippen LogP contribution in [0.25, 0.3) is 0 Å². The summed E-state index contributed by atoms with van der Waals surface area (Å²) in [4.78, 5) is 17.7. The largest absolute Gasteiger partial charge is 0.480 e. The molecule has 2 heterocycles. The molecule has 18 heavy (non-hydrogen) atoms. The highest BCUT2D eigenvalue weighted by Gasteiger charge is 2.32. The maximum absolute atomic E-state index is 11.4. The third kappa shape index (κ3) is 3.07. The van der Waals surface area contributed by atoms with E-state index in [0.717, 1.165) is 31.5 Å². The van der Waals surface area contributed by atoms with Crippen LogP contribution in [0.5, 0.6) is 0 Å². The van der Waals surface area contributed by atoms with Gasteiger partial charge < -0.3 is 5.11 Å². The standard InChI is InChI=1S/C14H20N2O2/c1-2-11-6-8-16(13(9-11)14(17)18)10-12-5-3-4-7-15-12/h3-5,7,11,13H,2,6,8-10H2,1H3,(H,17,18). The van der Waals surface area contributed by atoms with Crippen LogP contribution >= 0.6 is 0 Å². The number of carbonyl (C=O) groups is 1. The van der Waals surface area contributed by atoms with Gasteiger partial charge in [0.25, 0.3) is 0 Å². The van der Waals surface area contributed by atoms with Crippen LogP contribution in [0.4, 0.5) is 0 Å². The molecule has 0 bridgehead atoms. The van der Waals surface area contributed by atoms with Crippen molar-refractivity contribution < 1.29 is 9.90 Å². The lowest BCUT2D eigenvalue weighted by Gasteiger charge is -2.36. The first kappa shape index (κ1) is 13.0. The molecule has 2 rings (SSSR count). The van der Waals surface area contributed by atoms with Crippen LogP contribution < -0.4 is 0 Å². The Morgan fingerprint density at radius 2 is 2.39 bits per heavy atom. The highest BCUT2D eigenvalue weighted by atomic mass is 16.4. The molecule has 0 aliphatic carbocycles. The van der Waals surface area contributed by atoms with Gasteiger partial charge in [0.2, 0.25) is 0 Å². The Morgan fingerprint density at radius 1 is 1.56 bits per heavy atom.